The summed E-state index contributed by atoms with van der Waals surface area (Å²) >= 11 is 0. The monoisotopic (exact) mass is 341 g/mol. The van der Waals surface area contributed by atoms with Crippen LogP contribution in [-0.2, 0) is 14.3 Å². The smallest absolute Gasteiger partial charge is 0.408 e. The minimum absolute atomic E-state index is 0.0280. The average molecular weight is 341 g/mol. The average Bonchev–Trinajstić information content (AvgIpc) is 2.46. The molecule has 0 heterocycles. The van der Waals surface area contributed by atoms with Gasteiger partial charge in [-0.25, -0.2) is 14.0 Å². The van der Waals surface area contributed by atoms with Crippen LogP contribution >= 0.6 is 0 Å². The highest BCUT2D eigenvalue weighted by Gasteiger charge is 2.25. The Morgan fingerprint density at radius 2 is 1.92 bits per heavy atom. The van der Waals surface area contributed by atoms with Gasteiger partial charge in [-0.15, -0.1) is 0 Å². The third kappa shape index (κ3) is 7.30. The molecule has 1 amide bonds. The maximum absolute atomic E-state index is 13.5. The quantitative estimate of drug-likeness (QED) is 0.772. The first-order valence-electron chi connectivity index (χ1n) is 7.76. The molecule has 0 aromatic heterocycles. The van der Waals surface area contributed by atoms with E-state index < -0.39 is 29.5 Å². The van der Waals surface area contributed by atoms with Gasteiger partial charge in [-0.3, -0.25) is 0 Å². The lowest BCUT2D eigenvalue weighted by Gasteiger charge is -2.23. The molecule has 0 fully saturated rings. The summed E-state index contributed by atoms with van der Waals surface area (Å²) in [4.78, 5) is 23.8. The molecule has 0 aliphatic carbocycles. The fourth-order valence-electron chi connectivity index (χ4n) is 1.79. The van der Waals surface area contributed by atoms with Crippen molar-refractivity contribution in [1.82, 2.24) is 5.32 Å². The Balaban J connectivity index is 2.61. The molecule has 0 saturated heterocycles. The number of esters is 1. The third-order valence-electron chi connectivity index (χ3n) is 2.76. The number of hydrogen-bond donors (Lipinski definition) is 1. The Bertz CT molecular complexity index is 556. The fourth-order valence-corrected chi connectivity index (χ4v) is 1.79. The van der Waals surface area contributed by atoms with Crippen LogP contribution in [0.15, 0.2) is 24.3 Å². The van der Waals surface area contributed by atoms with E-state index in [9.17, 15) is 14.0 Å². The summed E-state index contributed by atoms with van der Waals surface area (Å²) in [5.41, 5.74) is -0.688. The van der Waals surface area contributed by atoms with Crippen LogP contribution in [0, 0.1) is 5.82 Å². The van der Waals surface area contributed by atoms with Crippen molar-refractivity contribution >= 4 is 12.1 Å². The molecular weight excluding hydrogens is 317 g/mol. The molecule has 1 rings (SSSR count). The minimum Gasteiger partial charge on any atom is -0.490 e. The topological polar surface area (TPSA) is 73.9 Å². The number of ether oxygens (including phenoxy) is 3. The zero-order valence-corrected chi connectivity index (χ0v) is 14.4. The highest BCUT2D eigenvalue weighted by molar-refractivity contribution is 5.81. The first-order valence-corrected chi connectivity index (χ1v) is 7.76. The van der Waals surface area contributed by atoms with Crippen LogP contribution in [0.5, 0.6) is 5.75 Å². The first kappa shape index (κ1) is 19.7. The van der Waals surface area contributed by atoms with E-state index in [4.69, 9.17) is 14.2 Å². The Morgan fingerprint density at radius 1 is 1.25 bits per heavy atom. The normalized spacial score (nSPS) is 12.2. The van der Waals surface area contributed by atoms with Crippen molar-refractivity contribution < 1.29 is 28.2 Å². The van der Waals surface area contributed by atoms with Crippen molar-refractivity contribution in [3.05, 3.63) is 30.1 Å². The second-order valence-corrected chi connectivity index (χ2v) is 6.02. The lowest BCUT2D eigenvalue weighted by molar-refractivity contribution is -0.146. The van der Waals surface area contributed by atoms with Gasteiger partial charge in [0.15, 0.2) is 11.6 Å². The van der Waals surface area contributed by atoms with Gasteiger partial charge in [0.1, 0.15) is 11.6 Å². The number of para-hydroxylation sites is 1. The van der Waals surface area contributed by atoms with E-state index in [2.05, 4.69) is 5.32 Å². The Kier molecular flexibility index (Phi) is 7.48. The van der Waals surface area contributed by atoms with Gasteiger partial charge >= 0.3 is 12.1 Å². The van der Waals surface area contributed by atoms with Gasteiger partial charge in [0, 0.05) is 6.42 Å². The minimum atomic E-state index is -0.938. The second kappa shape index (κ2) is 9.10. The first-order chi connectivity index (χ1) is 11.2. The zero-order chi connectivity index (χ0) is 18.2. The Labute approximate surface area is 141 Å². The lowest BCUT2D eigenvalue weighted by atomic mass is 10.2. The number of benzene rings is 1. The van der Waals surface area contributed by atoms with Crippen LogP contribution in [0.2, 0.25) is 0 Å². The standard InChI is InChI=1S/C17H24FNO5/c1-5-22-15(20)13(19-16(21)24-17(2,3)4)10-11-23-14-9-7-6-8-12(14)18/h6-9,13H,5,10-11H2,1-4H3,(H,19,21)/t13-/m0/s1. The summed E-state index contributed by atoms with van der Waals surface area (Å²) in [5, 5.41) is 2.45. The Hall–Kier alpha value is -2.31. The van der Waals surface area contributed by atoms with Gasteiger partial charge in [-0.1, -0.05) is 12.1 Å². The molecule has 0 aliphatic rings. The van der Waals surface area contributed by atoms with E-state index >= 15 is 0 Å². The maximum Gasteiger partial charge on any atom is 0.408 e. The van der Waals surface area contributed by atoms with Crippen LogP contribution in [0.1, 0.15) is 34.1 Å². The van der Waals surface area contributed by atoms with E-state index in [1.807, 2.05) is 0 Å². The fraction of sp³-hybridized carbons (Fsp3) is 0.529. The summed E-state index contributed by atoms with van der Waals surface area (Å²) in [6, 6.07) is 5.01. The lowest BCUT2D eigenvalue weighted by Crippen LogP contribution is -2.45. The van der Waals surface area contributed by atoms with Gasteiger partial charge in [0.2, 0.25) is 0 Å². The molecule has 134 valence electrons. The predicted molar refractivity (Wildman–Crippen MR) is 86.3 cm³/mol. The van der Waals surface area contributed by atoms with Crippen molar-refractivity contribution in [3.8, 4) is 5.75 Å². The molecular formula is C17H24FNO5. The summed E-state index contributed by atoms with van der Waals surface area (Å²) in [6.45, 7) is 7.02. The molecule has 0 radical (unpaired) electrons. The highest BCUT2D eigenvalue weighted by Crippen LogP contribution is 2.16. The number of carbonyl (C=O) groups is 2. The largest absolute Gasteiger partial charge is 0.490 e. The van der Waals surface area contributed by atoms with Crippen molar-refractivity contribution in [2.75, 3.05) is 13.2 Å². The van der Waals surface area contributed by atoms with E-state index in [-0.39, 0.29) is 25.4 Å². The molecule has 1 atom stereocenters. The van der Waals surface area contributed by atoms with E-state index in [0.29, 0.717) is 0 Å². The molecule has 6 nitrogen and oxygen atoms in total. The summed E-state index contributed by atoms with van der Waals surface area (Å²) < 4.78 is 28.8. The number of hydrogen-bond acceptors (Lipinski definition) is 5. The van der Waals surface area contributed by atoms with Crippen molar-refractivity contribution in [2.45, 2.75) is 45.8 Å². The van der Waals surface area contributed by atoms with Crippen molar-refractivity contribution in [1.29, 1.82) is 0 Å². The summed E-state index contributed by atoms with van der Waals surface area (Å²) in [7, 11) is 0. The SMILES string of the molecule is CCOC(=O)[C@H](CCOc1ccccc1F)NC(=O)OC(C)(C)C. The van der Waals surface area contributed by atoms with Crippen LogP contribution in [0.25, 0.3) is 0 Å². The molecule has 0 bridgehead atoms. The third-order valence-corrected chi connectivity index (χ3v) is 2.76. The number of rotatable bonds is 7. The van der Waals surface area contributed by atoms with Gasteiger partial charge in [0.25, 0.3) is 0 Å². The number of alkyl carbamates (subject to hydrolysis) is 1. The van der Waals surface area contributed by atoms with Crippen LogP contribution < -0.4 is 10.1 Å². The summed E-state index contributed by atoms with van der Waals surface area (Å²) in [6.07, 6.45) is -0.613. The van der Waals surface area contributed by atoms with E-state index in [1.165, 1.54) is 12.1 Å². The molecule has 0 saturated carbocycles. The van der Waals surface area contributed by atoms with Gasteiger partial charge < -0.3 is 19.5 Å². The molecule has 1 aromatic carbocycles. The van der Waals surface area contributed by atoms with Crippen molar-refractivity contribution in [3.63, 3.8) is 0 Å². The van der Waals surface area contributed by atoms with Crippen LogP contribution in [0.4, 0.5) is 9.18 Å². The molecule has 1 N–H and O–H groups in total. The number of carbonyl (C=O) groups excluding carboxylic acids is 2. The summed E-state index contributed by atoms with van der Waals surface area (Å²) in [5.74, 6) is -1.01. The highest BCUT2D eigenvalue weighted by atomic mass is 19.1. The van der Waals surface area contributed by atoms with Gasteiger partial charge in [-0.05, 0) is 39.8 Å². The molecule has 1 aromatic rings. The van der Waals surface area contributed by atoms with Gasteiger partial charge in [0.05, 0.1) is 13.2 Å². The van der Waals surface area contributed by atoms with Crippen molar-refractivity contribution in [2.24, 2.45) is 0 Å². The predicted octanol–water partition coefficient (Wildman–Crippen LogP) is 3.05. The van der Waals surface area contributed by atoms with Gasteiger partial charge in [-0.2, -0.15) is 0 Å². The number of halogens is 1. The second-order valence-electron chi connectivity index (χ2n) is 6.02. The molecule has 0 aliphatic heterocycles. The maximum atomic E-state index is 13.5. The molecule has 7 heteroatoms. The van der Waals surface area contributed by atoms with E-state index in [0.717, 1.165) is 0 Å². The Morgan fingerprint density at radius 3 is 2.50 bits per heavy atom. The van der Waals surface area contributed by atoms with Crippen LogP contribution in [0.3, 0.4) is 0 Å². The van der Waals surface area contributed by atoms with E-state index in [1.54, 1.807) is 39.8 Å². The number of amides is 1. The zero-order valence-electron chi connectivity index (χ0n) is 14.4. The van der Waals surface area contributed by atoms with Crippen LogP contribution in [-0.4, -0.2) is 36.9 Å². The molecule has 0 spiro atoms. The number of nitrogens with one attached hydrogen (secondary N) is 1. The molecule has 0 unspecified atom stereocenters. The molecule has 24 heavy (non-hydrogen) atoms.